The Hall–Kier alpha value is -0.525. The van der Waals surface area contributed by atoms with Crippen molar-refractivity contribution in [2.45, 2.75) is 40.2 Å². The Balaban J connectivity index is 2.99. The van der Waals surface area contributed by atoms with Crippen molar-refractivity contribution >= 4 is 7.05 Å². The van der Waals surface area contributed by atoms with Crippen LogP contribution in [0.5, 0.6) is 0 Å². The van der Waals surface area contributed by atoms with Gasteiger partial charge >= 0.3 is 68.9 Å². The molecule has 0 atom stereocenters. The number of aryl methyl sites for hydroxylation is 2. The first-order valence-corrected chi connectivity index (χ1v) is 4.50. The Labute approximate surface area is 69.7 Å². The summed E-state index contributed by atoms with van der Waals surface area (Å²) >= 11 is 0. The molecule has 0 bridgehead atoms. The summed E-state index contributed by atoms with van der Waals surface area (Å²) in [5.41, 5.74) is 3.02. The summed E-state index contributed by atoms with van der Waals surface area (Å²) in [7, 11) is 2.19. The average Bonchev–Trinajstić information content (AvgIpc) is 2.45. The fourth-order valence-corrected chi connectivity index (χ4v) is 1.60. The van der Waals surface area contributed by atoms with Crippen LogP contribution in [-0.4, -0.2) is 11.5 Å². The van der Waals surface area contributed by atoms with Crippen molar-refractivity contribution in [1.29, 1.82) is 0 Å². The van der Waals surface area contributed by atoms with Crippen LogP contribution in [0.1, 0.15) is 32.0 Å². The first-order valence-electron chi connectivity index (χ1n) is 4.50. The summed E-state index contributed by atoms with van der Waals surface area (Å²) in [5.74, 6) is 2.24. The van der Waals surface area contributed by atoms with E-state index in [1.165, 1.54) is 11.3 Å². The van der Waals surface area contributed by atoms with Crippen LogP contribution in [0.15, 0.2) is 5.96 Å². The van der Waals surface area contributed by atoms with Gasteiger partial charge in [0, 0.05) is 0 Å². The Morgan fingerprint density at radius 2 is 2.00 bits per heavy atom. The molecule has 0 saturated heterocycles. The van der Waals surface area contributed by atoms with Gasteiger partial charge in [-0.15, -0.1) is 0 Å². The molecule has 0 radical (unpaired) electrons. The molecule has 0 aromatic carbocycles. The van der Waals surface area contributed by atoms with Gasteiger partial charge in [-0.2, -0.15) is 0 Å². The molecule has 1 aromatic rings. The van der Waals surface area contributed by atoms with Crippen LogP contribution >= 0.6 is 0 Å². The van der Waals surface area contributed by atoms with Crippen LogP contribution in [0.25, 0.3) is 0 Å². The van der Waals surface area contributed by atoms with E-state index in [0.717, 1.165) is 19.4 Å². The van der Waals surface area contributed by atoms with E-state index in [0.29, 0.717) is 0 Å². The van der Waals surface area contributed by atoms with Gasteiger partial charge in [0.25, 0.3) is 0 Å². The monoisotopic (exact) mass is 149 g/mol. The summed E-state index contributed by atoms with van der Waals surface area (Å²) < 4.78 is 2.33. The van der Waals surface area contributed by atoms with Crippen molar-refractivity contribution < 1.29 is 0 Å². The van der Waals surface area contributed by atoms with Crippen molar-refractivity contribution in [2.75, 3.05) is 0 Å². The summed E-state index contributed by atoms with van der Waals surface area (Å²) in [5, 5.41) is 0. The zero-order valence-corrected chi connectivity index (χ0v) is 7.72. The molecule has 1 heterocycles. The van der Waals surface area contributed by atoms with E-state index < -0.39 is 0 Å². The van der Waals surface area contributed by atoms with E-state index in [1.54, 1.807) is 0 Å². The van der Waals surface area contributed by atoms with Gasteiger partial charge in [-0.25, -0.2) is 0 Å². The predicted molar refractivity (Wildman–Crippen MR) is 50.2 cm³/mol. The molecule has 0 unspecified atom stereocenters. The maximum absolute atomic E-state index is 2.33. The van der Waals surface area contributed by atoms with Gasteiger partial charge in [-0.3, -0.25) is 0 Å². The molecule has 0 aliphatic rings. The third-order valence-corrected chi connectivity index (χ3v) is 2.23. The fraction of sp³-hybridized carbons (Fsp3) is 0.667. The van der Waals surface area contributed by atoms with Crippen molar-refractivity contribution in [1.82, 2.24) is 4.47 Å². The molecule has 1 rings (SSSR count). The Bertz CT molecular complexity index is 206. The maximum atomic E-state index is 2.33. The number of aromatic nitrogens is 1. The minimum absolute atomic E-state index is 1.10. The van der Waals surface area contributed by atoms with Crippen molar-refractivity contribution in [3.8, 4) is 0 Å². The molecule has 0 spiro atoms. The summed E-state index contributed by atoms with van der Waals surface area (Å²) in [6.07, 6.45) is 2.32. The Kier molecular flexibility index (Phi) is 2.92. The van der Waals surface area contributed by atoms with Crippen LogP contribution in [0.3, 0.4) is 0 Å². The molecule has 60 valence electrons. The van der Waals surface area contributed by atoms with Gasteiger partial charge in [0.05, 0.1) is 0 Å². The molecule has 0 aliphatic heterocycles. The quantitative estimate of drug-likeness (QED) is 0.619. The minimum atomic E-state index is 1.10. The van der Waals surface area contributed by atoms with Gasteiger partial charge in [-0.1, -0.05) is 0 Å². The molecule has 0 fully saturated rings. The third kappa shape index (κ3) is 1.55. The second kappa shape index (κ2) is 3.75. The van der Waals surface area contributed by atoms with Crippen LogP contribution in [0.2, 0.25) is 0 Å². The number of rotatable bonds is 3. The van der Waals surface area contributed by atoms with Gasteiger partial charge < -0.3 is 0 Å². The first-order chi connectivity index (χ1) is 5.33. The van der Waals surface area contributed by atoms with E-state index in [9.17, 15) is 0 Å². The van der Waals surface area contributed by atoms with Crippen LogP contribution < -0.4 is 0 Å². The summed E-state index contributed by atoms with van der Waals surface area (Å²) in [6, 6.07) is 0. The molecule has 0 N–H and O–H groups in total. The van der Waals surface area contributed by atoms with E-state index in [4.69, 9.17) is 0 Å². The van der Waals surface area contributed by atoms with Crippen LogP contribution in [-0.2, 0) is 19.4 Å². The number of hydrogen-bond acceptors (Lipinski definition) is 0. The molecule has 0 amide bonds. The standard InChI is InChI=1S/C9H16BN/c1-4-8-7-10-11(6-3)9(8)5-2/h7H,4-6H2,1-3H3. The van der Waals surface area contributed by atoms with Gasteiger partial charge in [0.1, 0.15) is 0 Å². The molecule has 11 heavy (non-hydrogen) atoms. The molecule has 1 aromatic heterocycles. The van der Waals surface area contributed by atoms with E-state index >= 15 is 0 Å². The fourth-order valence-electron chi connectivity index (χ4n) is 1.60. The van der Waals surface area contributed by atoms with Crippen molar-refractivity contribution in [2.24, 2.45) is 0 Å². The Morgan fingerprint density at radius 3 is 2.45 bits per heavy atom. The normalized spacial score (nSPS) is 10.1. The SMILES string of the molecule is CCc1cbn(CC)c1CC. The van der Waals surface area contributed by atoms with E-state index in [-0.39, 0.29) is 0 Å². The average molecular weight is 149 g/mol. The summed E-state index contributed by atoms with van der Waals surface area (Å²) in [4.78, 5) is 0. The molecule has 2 heteroatoms. The zero-order chi connectivity index (χ0) is 8.27. The summed E-state index contributed by atoms with van der Waals surface area (Å²) in [6.45, 7) is 7.73. The van der Waals surface area contributed by atoms with Crippen molar-refractivity contribution in [3.63, 3.8) is 0 Å². The van der Waals surface area contributed by atoms with Crippen LogP contribution in [0, 0.1) is 0 Å². The third-order valence-electron chi connectivity index (χ3n) is 2.23. The topological polar surface area (TPSA) is 4.93 Å². The molecular formula is C9H16BN. The van der Waals surface area contributed by atoms with Crippen LogP contribution in [0.4, 0.5) is 0 Å². The van der Waals surface area contributed by atoms with Gasteiger partial charge in [-0.05, 0) is 0 Å². The predicted octanol–water partition coefficient (Wildman–Crippen LogP) is 1.97. The molecule has 0 saturated carbocycles. The van der Waals surface area contributed by atoms with E-state index in [2.05, 4.69) is 38.3 Å². The number of nitrogens with zero attached hydrogens (tertiary/aromatic N) is 1. The second-order valence-corrected chi connectivity index (χ2v) is 2.78. The number of hydrogen-bond donors (Lipinski definition) is 0. The second-order valence-electron chi connectivity index (χ2n) is 2.78. The van der Waals surface area contributed by atoms with Gasteiger partial charge in [0.2, 0.25) is 0 Å². The van der Waals surface area contributed by atoms with E-state index in [1.807, 2.05) is 0 Å². The first kappa shape index (κ1) is 8.57. The Morgan fingerprint density at radius 1 is 1.27 bits per heavy atom. The molecular weight excluding hydrogens is 133 g/mol. The zero-order valence-electron chi connectivity index (χ0n) is 7.72. The molecule has 0 aliphatic carbocycles. The van der Waals surface area contributed by atoms with Crippen molar-refractivity contribution in [3.05, 3.63) is 17.2 Å². The van der Waals surface area contributed by atoms with Gasteiger partial charge in [0.15, 0.2) is 0 Å². The molecule has 1 nitrogen and oxygen atoms in total.